The van der Waals surface area contributed by atoms with Gasteiger partial charge < -0.3 is 14.5 Å². The molecule has 1 aliphatic heterocycles. The zero-order valence-electron chi connectivity index (χ0n) is 18.8. The molecule has 168 valence electrons. The van der Waals surface area contributed by atoms with E-state index in [1.165, 1.54) is 12.1 Å². The van der Waals surface area contributed by atoms with Crippen LogP contribution in [0.25, 0.3) is 22.4 Å². The Morgan fingerprint density at radius 1 is 1.16 bits per heavy atom. The maximum atomic E-state index is 15.0. The molecule has 2 aromatic heterocycles. The van der Waals surface area contributed by atoms with Crippen LogP contribution < -0.4 is 4.74 Å². The van der Waals surface area contributed by atoms with Crippen molar-refractivity contribution in [2.24, 2.45) is 0 Å². The molecule has 0 radical (unpaired) electrons. The number of aromatic nitrogens is 3. The fourth-order valence-corrected chi connectivity index (χ4v) is 3.73. The highest BCUT2D eigenvalue weighted by atomic mass is 19.3. The second-order valence-electron chi connectivity index (χ2n) is 7.38. The number of hydrogen-bond acceptors (Lipinski definition) is 5. The van der Waals surface area contributed by atoms with Crippen molar-refractivity contribution in [1.29, 1.82) is 0 Å². The Morgan fingerprint density at radius 3 is 2.55 bits per heavy atom. The van der Waals surface area contributed by atoms with E-state index in [1.54, 1.807) is 25.1 Å². The van der Waals surface area contributed by atoms with Crippen molar-refractivity contribution < 1.29 is 18.3 Å². The minimum Gasteiger partial charge on any atom is -0.480 e. The molecule has 6 nitrogen and oxygen atoms in total. The highest BCUT2D eigenvalue weighted by Gasteiger charge is 2.35. The van der Waals surface area contributed by atoms with Gasteiger partial charge in [0.15, 0.2) is 0 Å². The summed E-state index contributed by atoms with van der Waals surface area (Å²) >= 11 is 0. The Morgan fingerprint density at radius 2 is 1.87 bits per heavy atom. The number of morpholine rings is 1. The molecule has 1 N–H and O–H groups in total. The van der Waals surface area contributed by atoms with E-state index in [2.05, 4.69) is 15.0 Å². The van der Waals surface area contributed by atoms with Crippen LogP contribution in [0.15, 0.2) is 24.4 Å². The number of benzene rings is 1. The minimum absolute atomic E-state index is 0.0148. The summed E-state index contributed by atoms with van der Waals surface area (Å²) in [7, 11) is 1.55. The summed E-state index contributed by atoms with van der Waals surface area (Å²) in [6.07, 6.45) is 1.66. The number of aromatic amines is 1. The summed E-state index contributed by atoms with van der Waals surface area (Å²) < 4.78 is 40.6. The fourth-order valence-electron chi connectivity index (χ4n) is 3.73. The Labute approximate surface area is 181 Å². The average molecular weight is 433 g/mol. The van der Waals surface area contributed by atoms with Crippen LogP contribution in [0.2, 0.25) is 0 Å². The van der Waals surface area contributed by atoms with Crippen molar-refractivity contribution in [1.82, 2.24) is 19.9 Å². The Bertz CT molecular complexity index is 1030. The van der Waals surface area contributed by atoms with Gasteiger partial charge in [-0.25, -0.2) is 9.97 Å². The molecule has 0 bridgehead atoms. The predicted molar refractivity (Wildman–Crippen MR) is 118 cm³/mol. The number of imidazole rings is 1. The first-order valence-electron chi connectivity index (χ1n) is 10.6. The van der Waals surface area contributed by atoms with E-state index in [1.807, 2.05) is 26.8 Å². The van der Waals surface area contributed by atoms with Gasteiger partial charge in [-0.3, -0.25) is 4.90 Å². The fraction of sp³-hybridized carbons (Fsp3) is 0.478. The lowest BCUT2D eigenvalue weighted by Crippen LogP contribution is -2.42. The van der Waals surface area contributed by atoms with Gasteiger partial charge >= 0.3 is 0 Å². The van der Waals surface area contributed by atoms with E-state index in [0.29, 0.717) is 54.6 Å². The van der Waals surface area contributed by atoms with Crippen LogP contribution >= 0.6 is 0 Å². The monoisotopic (exact) mass is 432 g/mol. The zero-order chi connectivity index (χ0) is 22.6. The number of H-pyrrole nitrogens is 1. The maximum Gasteiger partial charge on any atom is 0.285 e. The van der Waals surface area contributed by atoms with Crippen LogP contribution in [0, 0.1) is 13.8 Å². The third-order valence-corrected chi connectivity index (χ3v) is 5.28. The van der Waals surface area contributed by atoms with Crippen LogP contribution in [-0.4, -0.2) is 59.8 Å². The van der Waals surface area contributed by atoms with Crippen LogP contribution in [0.3, 0.4) is 0 Å². The molecular weight excluding hydrogens is 402 g/mol. The van der Waals surface area contributed by atoms with Gasteiger partial charge in [-0.2, -0.15) is 8.78 Å². The molecular formula is C23H30F2N4O2. The standard InChI is InChI=1S/C21H24F2N4O2.C2H6/c1-13-4-5-24-20(28-3)17(13)19-25-16-11-15(10-14(2)18(16)26-19)21(22,23)12-27-6-8-29-9-7-27;1-2/h4-5,10-11H,6-9,12H2,1-3H3,(H,25,26);1-2H3. The molecule has 8 heteroatoms. The molecule has 1 aromatic carbocycles. The quantitative estimate of drug-likeness (QED) is 0.633. The van der Waals surface area contributed by atoms with Gasteiger partial charge in [-0.1, -0.05) is 13.8 Å². The molecule has 0 spiro atoms. The number of nitrogens with zero attached hydrogens (tertiary/aromatic N) is 3. The van der Waals surface area contributed by atoms with Crippen LogP contribution in [0.5, 0.6) is 5.88 Å². The third kappa shape index (κ3) is 4.85. The average Bonchev–Trinajstić information content (AvgIpc) is 3.19. The van der Waals surface area contributed by atoms with Gasteiger partial charge in [0.1, 0.15) is 5.82 Å². The molecule has 0 aliphatic carbocycles. The number of aryl methyl sites for hydroxylation is 2. The van der Waals surface area contributed by atoms with E-state index >= 15 is 8.78 Å². The van der Waals surface area contributed by atoms with Gasteiger partial charge in [0, 0.05) is 24.8 Å². The van der Waals surface area contributed by atoms with Crippen molar-refractivity contribution in [2.75, 3.05) is 40.0 Å². The number of nitrogens with one attached hydrogen (secondary N) is 1. The van der Waals surface area contributed by atoms with Gasteiger partial charge in [0.2, 0.25) is 5.88 Å². The SMILES string of the molecule is CC.COc1nccc(C)c1-c1nc2c(C)cc(C(F)(F)CN3CCOCC3)cc2[nH]1. The lowest BCUT2D eigenvalue weighted by Gasteiger charge is -2.30. The molecule has 3 aromatic rings. The number of hydrogen-bond donors (Lipinski definition) is 1. The van der Waals surface area contributed by atoms with Crippen molar-refractivity contribution in [3.63, 3.8) is 0 Å². The normalized spacial score (nSPS) is 14.9. The first kappa shape index (κ1) is 23.1. The van der Waals surface area contributed by atoms with Gasteiger partial charge in [0.05, 0.1) is 43.5 Å². The van der Waals surface area contributed by atoms with Gasteiger partial charge in [-0.05, 0) is 43.2 Å². The molecule has 0 atom stereocenters. The molecule has 3 heterocycles. The first-order chi connectivity index (χ1) is 14.9. The lowest BCUT2D eigenvalue weighted by molar-refractivity contribution is -0.0616. The number of fused-ring (bicyclic) bond motifs is 1. The first-order valence-corrected chi connectivity index (χ1v) is 10.6. The van der Waals surface area contributed by atoms with E-state index in [4.69, 9.17) is 9.47 Å². The molecule has 1 aliphatic rings. The summed E-state index contributed by atoms with van der Waals surface area (Å²) in [5, 5.41) is 0. The van der Waals surface area contributed by atoms with E-state index < -0.39 is 5.92 Å². The predicted octanol–water partition coefficient (Wildman–Crippen LogP) is 4.70. The summed E-state index contributed by atoms with van der Waals surface area (Å²) in [5.41, 5.74) is 3.58. The van der Waals surface area contributed by atoms with E-state index in [-0.39, 0.29) is 12.1 Å². The van der Waals surface area contributed by atoms with Crippen molar-refractivity contribution >= 4 is 11.0 Å². The number of rotatable bonds is 5. The molecule has 0 unspecified atom stereocenters. The summed E-state index contributed by atoms with van der Waals surface area (Å²) in [4.78, 5) is 13.8. The number of halogens is 2. The van der Waals surface area contributed by atoms with Gasteiger partial charge in [0.25, 0.3) is 5.92 Å². The van der Waals surface area contributed by atoms with Crippen LogP contribution in [-0.2, 0) is 10.7 Å². The third-order valence-electron chi connectivity index (χ3n) is 5.28. The van der Waals surface area contributed by atoms with Crippen molar-refractivity contribution in [3.05, 3.63) is 41.1 Å². The molecule has 31 heavy (non-hydrogen) atoms. The van der Waals surface area contributed by atoms with Crippen LogP contribution in [0.4, 0.5) is 8.78 Å². The second kappa shape index (κ2) is 9.70. The van der Waals surface area contributed by atoms with E-state index in [0.717, 1.165) is 11.1 Å². The van der Waals surface area contributed by atoms with Gasteiger partial charge in [-0.15, -0.1) is 0 Å². The Kier molecular flexibility index (Phi) is 7.23. The summed E-state index contributed by atoms with van der Waals surface area (Å²) in [5.74, 6) is -1.97. The largest absolute Gasteiger partial charge is 0.480 e. The minimum atomic E-state index is -2.97. The molecule has 0 amide bonds. The van der Waals surface area contributed by atoms with Crippen LogP contribution in [0.1, 0.15) is 30.5 Å². The van der Waals surface area contributed by atoms with Crippen molar-refractivity contribution in [3.8, 4) is 17.3 Å². The maximum absolute atomic E-state index is 15.0. The Hall–Kier alpha value is -2.58. The zero-order valence-corrected chi connectivity index (χ0v) is 18.8. The number of methoxy groups -OCH3 is 1. The summed E-state index contributed by atoms with van der Waals surface area (Å²) in [6, 6.07) is 4.89. The number of alkyl halides is 2. The van der Waals surface area contributed by atoms with E-state index in [9.17, 15) is 0 Å². The lowest BCUT2D eigenvalue weighted by atomic mass is 10.0. The number of pyridine rings is 1. The highest BCUT2D eigenvalue weighted by molar-refractivity contribution is 5.84. The Balaban J connectivity index is 0.00000132. The second-order valence-corrected chi connectivity index (χ2v) is 7.38. The molecule has 1 saturated heterocycles. The molecule has 0 saturated carbocycles. The van der Waals surface area contributed by atoms with Crippen molar-refractivity contribution in [2.45, 2.75) is 33.6 Å². The topological polar surface area (TPSA) is 63.3 Å². The smallest absolute Gasteiger partial charge is 0.285 e. The molecule has 4 rings (SSSR count). The number of ether oxygens (including phenoxy) is 2. The summed E-state index contributed by atoms with van der Waals surface area (Å²) in [6.45, 7) is 9.43. The highest BCUT2D eigenvalue weighted by Crippen LogP contribution is 2.35. The molecule has 1 fully saturated rings.